The molecule has 0 rings (SSSR count). The molecule has 0 heterocycles. The van der Waals surface area contributed by atoms with Crippen LogP contribution in [0.25, 0.3) is 0 Å². The second-order valence-electron chi connectivity index (χ2n) is 5.68. The van der Waals surface area contributed by atoms with Crippen LogP contribution in [0.5, 0.6) is 0 Å². The Bertz CT molecular complexity index is 260. The van der Waals surface area contributed by atoms with Crippen molar-refractivity contribution in [1.82, 2.24) is 0 Å². The maximum absolute atomic E-state index is 6.69. The van der Waals surface area contributed by atoms with Gasteiger partial charge in [-0.2, -0.15) is 50.5 Å². The topological polar surface area (TPSA) is 27.7 Å². The van der Waals surface area contributed by atoms with Gasteiger partial charge in [-0.1, -0.05) is 0 Å². The lowest BCUT2D eigenvalue weighted by atomic mass is 9.88. The van der Waals surface area contributed by atoms with Crippen LogP contribution in [0.3, 0.4) is 0 Å². The van der Waals surface area contributed by atoms with Crippen molar-refractivity contribution in [2.24, 2.45) is 0 Å². The summed E-state index contributed by atoms with van der Waals surface area (Å²) in [5.74, 6) is 3.38. The Hall–Kier alpha value is 1.50. The van der Waals surface area contributed by atoms with Gasteiger partial charge in [0, 0.05) is 20.3 Å². The van der Waals surface area contributed by atoms with Gasteiger partial charge in [0.25, 0.3) is 0 Å². The lowest BCUT2D eigenvalue weighted by Gasteiger charge is -2.41. The van der Waals surface area contributed by atoms with Gasteiger partial charge < -0.3 is 13.3 Å². The van der Waals surface area contributed by atoms with Gasteiger partial charge in [-0.25, -0.2) is 0 Å². The number of hydrogen-bond donors (Lipinski definition) is 4. The van der Waals surface area contributed by atoms with E-state index in [1.165, 1.54) is 0 Å². The third-order valence-corrected chi connectivity index (χ3v) is 8.23. The molecule has 0 fully saturated rings. The molecule has 0 aromatic rings. The van der Waals surface area contributed by atoms with E-state index in [9.17, 15) is 0 Å². The molecule has 0 spiro atoms. The Morgan fingerprint density at radius 3 is 1.39 bits per heavy atom. The molecule has 0 atom stereocenters. The second kappa shape index (κ2) is 14.6. The zero-order valence-electron chi connectivity index (χ0n) is 14.5. The van der Waals surface area contributed by atoms with Gasteiger partial charge in [-0.15, -0.1) is 0 Å². The first-order chi connectivity index (χ1) is 11.1. The fourth-order valence-corrected chi connectivity index (χ4v) is 6.13. The van der Waals surface area contributed by atoms with Crippen molar-refractivity contribution < 1.29 is 13.3 Å². The van der Waals surface area contributed by atoms with Crippen molar-refractivity contribution in [2.75, 3.05) is 37.2 Å². The molecule has 0 unspecified atom stereocenters. The SMILES string of the molecule is CO[Si](CCCS)(OC)OC(CCCS)(CCCS)CCCS. The summed E-state index contributed by atoms with van der Waals surface area (Å²) < 4.78 is 18.3. The molecule has 0 saturated heterocycles. The molecule has 0 aliphatic rings. The maximum Gasteiger partial charge on any atom is 0.500 e. The molecule has 140 valence electrons. The van der Waals surface area contributed by atoms with Crippen LogP contribution in [-0.2, 0) is 13.3 Å². The van der Waals surface area contributed by atoms with Crippen LogP contribution in [0.4, 0.5) is 0 Å². The van der Waals surface area contributed by atoms with Crippen LogP contribution in [0.2, 0.25) is 6.04 Å². The first-order valence-electron chi connectivity index (χ1n) is 8.31. The molecule has 23 heavy (non-hydrogen) atoms. The first kappa shape index (κ1) is 24.5. The summed E-state index contributed by atoms with van der Waals surface area (Å²) in [6.45, 7) is 0. The van der Waals surface area contributed by atoms with E-state index in [2.05, 4.69) is 50.5 Å². The Morgan fingerprint density at radius 1 is 0.696 bits per heavy atom. The third-order valence-electron chi connectivity index (χ3n) is 4.01. The molecular formula is C15H34O3S4Si. The molecule has 8 heteroatoms. The Balaban J connectivity index is 5.28. The van der Waals surface area contributed by atoms with Gasteiger partial charge in [0.05, 0.1) is 5.60 Å². The maximum atomic E-state index is 6.69. The minimum absolute atomic E-state index is 0.219. The van der Waals surface area contributed by atoms with E-state index in [4.69, 9.17) is 13.3 Å². The van der Waals surface area contributed by atoms with Gasteiger partial charge in [0.2, 0.25) is 0 Å². The van der Waals surface area contributed by atoms with Crippen LogP contribution < -0.4 is 0 Å². The molecule has 0 aromatic heterocycles. The van der Waals surface area contributed by atoms with Crippen molar-refractivity contribution in [3.05, 3.63) is 0 Å². The molecular weight excluding hydrogens is 385 g/mol. The first-order valence-corrected chi connectivity index (χ1v) is 12.8. The number of rotatable bonds is 16. The standard InChI is InChI=1S/C15H34O3S4Si/c1-16-23(17-2,14-6-13-22)18-15(7-3-10-19,8-4-11-20)9-5-12-21/h19-22H,3-14H2,1-2H3. The minimum Gasteiger partial charge on any atom is -0.377 e. The van der Waals surface area contributed by atoms with Crippen molar-refractivity contribution in [1.29, 1.82) is 0 Å². The highest BCUT2D eigenvalue weighted by Gasteiger charge is 2.46. The van der Waals surface area contributed by atoms with Crippen LogP contribution in [-0.4, -0.2) is 51.6 Å². The van der Waals surface area contributed by atoms with E-state index >= 15 is 0 Å². The lowest BCUT2D eigenvalue weighted by molar-refractivity contribution is -0.0351. The zero-order valence-corrected chi connectivity index (χ0v) is 19.1. The zero-order chi connectivity index (χ0) is 17.6. The van der Waals surface area contributed by atoms with Gasteiger partial charge in [-0.3, -0.25) is 0 Å². The second-order valence-corrected chi connectivity index (χ2v) is 10.4. The van der Waals surface area contributed by atoms with Gasteiger partial charge in [0.15, 0.2) is 0 Å². The summed E-state index contributed by atoms with van der Waals surface area (Å²) in [4.78, 5) is 0. The minimum atomic E-state index is -2.67. The van der Waals surface area contributed by atoms with E-state index in [-0.39, 0.29) is 5.60 Å². The van der Waals surface area contributed by atoms with Crippen molar-refractivity contribution in [2.45, 2.75) is 56.6 Å². The molecule has 0 aliphatic heterocycles. The summed E-state index contributed by atoms with van der Waals surface area (Å²) in [5.41, 5.74) is -0.219. The highest BCUT2D eigenvalue weighted by Crippen LogP contribution is 2.35. The third kappa shape index (κ3) is 9.68. The highest BCUT2D eigenvalue weighted by molar-refractivity contribution is 7.80. The van der Waals surface area contributed by atoms with Crippen LogP contribution >= 0.6 is 50.5 Å². The fourth-order valence-electron chi connectivity index (χ4n) is 2.78. The molecule has 0 N–H and O–H groups in total. The molecule has 0 aliphatic carbocycles. The fraction of sp³-hybridized carbons (Fsp3) is 1.00. The van der Waals surface area contributed by atoms with E-state index in [1.807, 2.05) is 0 Å². The van der Waals surface area contributed by atoms with Crippen LogP contribution in [0, 0.1) is 0 Å². The van der Waals surface area contributed by atoms with Crippen molar-refractivity contribution >= 4 is 59.3 Å². The van der Waals surface area contributed by atoms with Crippen molar-refractivity contribution in [3.63, 3.8) is 0 Å². The smallest absolute Gasteiger partial charge is 0.377 e. The average molecular weight is 419 g/mol. The lowest BCUT2D eigenvalue weighted by Crippen LogP contribution is -2.52. The summed E-state index contributed by atoms with van der Waals surface area (Å²) >= 11 is 17.5. The van der Waals surface area contributed by atoms with Crippen LogP contribution in [0.1, 0.15) is 44.9 Å². The predicted octanol–water partition coefficient (Wildman–Crippen LogP) is 4.42. The van der Waals surface area contributed by atoms with E-state index in [0.717, 1.165) is 74.0 Å². The highest BCUT2D eigenvalue weighted by atomic mass is 32.1. The largest absolute Gasteiger partial charge is 0.500 e. The molecule has 0 bridgehead atoms. The van der Waals surface area contributed by atoms with Crippen LogP contribution in [0.15, 0.2) is 0 Å². The Kier molecular flexibility index (Phi) is 15.6. The molecule has 0 radical (unpaired) electrons. The summed E-state index contributed by atoms with van der Waals surface area (Å²) in [5, 5.41) is 0. The number of hydrogen-bond acceptors (Lipinski definition) is 7. The molecule has 3 nitrogen and oxygen atoms in total. The van der Waals surface area contributed by atoms with Gasteiger partial charge in [0.1, 0.15) is 0 Å². The molecule has 0 saturated carbocycles. The van der Waals surface area contributed by atoms with E-state index in [0.29, 0.717) is 0 Å². The number of thiol groups is 4. The summed E-state index contributed by atoms with van der Waals surface area (Å²) in [6.07, 6.45) is 6.91. The van der Waals surface area contributed by atoms with E-state index in [1.54, 1.807) is 14.2 Å². The quantitative estimate of drug-likeness (QED) is 0.221. The molecule has 0 aromatic carbocycles. The van der Waals surface area contributed by atoms with Crippen molar-refractivity contribution in [3.8, 4) is 0 Å². The normalized spacial score (nSPS) is 12.8. The van der Waals surface area contributed by atoms with E-state index < -0.39 is 8.80 Å². The summed E-state index contributed by atoms with van der Waals surface area (Å²) in [6, 6.07) is 0.799. The predicted molar refractivity (Wildman–Crippen MR) is 116 cm³/mol. The summed E-state index contributed by atoms with van der Waals surface area (Å²) in [7, 11) is 0.733. The van der Waals surface area contributed by atoms with Gasteiger partial charge >= 0.3 is 8.80 Å². The van der Waals surface area contributed by atoms with Gasteiger partial charge in [-0.05, 0) is 68.0 Å². The monoisotopic (exact) mass is 418 g/mol. The molecule has 0 amide bonds. The Morgan fingerprint density at radius 2 is 1.09 bits per heavy atom. The Labute approximate surface area is 166 Å². The average Bonchev–Trinajstić information content (AvgIpc) is 2.59.